The number of aliphatic hydroxyl groups is 1. The average molecular weight is 338 g/mol. The number of rotatable bonds is 4. The number of nitrogens with two attached hydrogens (primary N) is 1. The Morgan fingerprint density at radius 1 is 1.42 bits per heavy atom. The van der Waals surface area contributed by atoms with Crippen LogP contribution in [0.5, 0.6) is 0 Å². The van der Waals surface area contributed by atoms with Crippen molar-refractivity contribution >= 4 is 23.4 Å². The smallest absolute Gasteiger partial charge is 0.543 e. The predicted octanol–water partition coefficient (Wildman–Crippen LogP) is -4.14. The van der Waals surface area contributed by atoms with Crippen molar-refractivity contribution in [2.24, 2.45) is 11.7 Å². The van der Waals surface area contributed by atoms with Crippen molar-refractivity contribution in [3.05, 3.63) is 41.1 Å². The summed E-state index contributed by atoms with van der Waals surface area (Å²) in [5.74, 6) is -3.13. The van der Waals surface area contributed by atoms with E-state index in [1.165, 1.54) is 24.0 Å². The minimum Gasteiger partial charge on any atom is -0.543 e. The third-order valence-electron chi connectivity index (χ3n) is 4.42. The topological polar surface area (TPSA) is 124 Å². The summed E-state index contributed by atoms with van der Waals surface area (Å²) >= 11 is 0. The molecule has 24 heavy (non-hydrogen) atoms. The molecule has 2 amide bonds. The van der Waals surface area contributed by atoms with E-state index in [-0.39, 0.29) is 47.2 Å². The number of carboxylic acids is 1. The van der Waals surface area contributed by atoms with Gasteiger partial charge in [0, 0.05) is 5.56 Å². The molecule has 3 atom stereocenters. The Hall–Kier alpha value is -1.67. The molecule has 0 radical (unpaired) electrons. The summed E-state index contributed by atoms with van der Waals surface area (Å²) in [5, 5.41) is 21.2. The Labute approximate surface area is 160 Å². The summed E-state index contributed by atoms with van der Waals surface area (Å²) in [4.78, 5) is 36.1. The maximum Gasteiger partial charge on any atom is 1.00 e. The van der Waals surface area contributed by atoms with Gasteiger partial charge in [-0.1, -0.05) is 12.1 Å². The van der Waals surface area contributed by atoms with Crippen LogP contribution in [0.15, 0.2) is 30.0 Å². The Bertz CT molecular complexity index is 759. The Morgan fingerprint density at radius 2 is 2.08 bits per heavy atom. The van der Waals surface area contributed by atoms with Crippen LogP contribution in [-0.4, -0.2) is 39.9 Å². The van der Waals surface area contributed by atoms with Crippen LogP contribution in [0.3, 0.4) is 0 Å². The number of amides is 2. The number of fused-ring (bicyclic) bond motifs is 1. The Kier molecular flexibility index (Phi) is 5.19. The number of benzene rings is 1. The van der Waals surface area contributed by atoms with Crippen LogP contribution in [0.25, 0.3) is 5.57 Å². The molecule has 1 aromatic carbocycles. The second kappa shape index (κ2) is 6.68. The van der Waals surface area contributed by atoms with Crippen molar-refractivity contribution in [1.82, 2.24) is 4.90 Å². The standard InChI is InChI=1S/C16H16N2O5.Na/c1-7(19)12-11-6-10(13(16(22)23)18(11)15(12)21)8-3-2-4-9(5-8)14(17)20;/h2-5,7,11-12,19H,6H2,1H3,(H2,17,20)(H,22,23);/q;+1/p-1/t7-,11-,12-;/m1./s1. The van der Waals surface area contributed by atoms with Crippen LogP contribution in [0.2, 0.25) is 0 Å². The maximum atomic E-state index is 12.1. The third kappa shape index (κ3) is 2.77. The summed E-state index contributed by atoms with van der Waals surface area (Å²) in [5.41, 5.74) is 6.22. The zero-order chi connectivity index (χ0) is 16.9. The Morgan fingerprint density at radius 3 is 2.62 bits per heavy atom. The van der Waals surface area contributed by atoms with E-state index in [2.05, 4.69) is 0 Å². The number of carboxylic acid groups (broad SMARTS) is 1. The van der Waals surface area contributed by atoms with Crippen LogP contribution < -0.4 is 40.4 Å². The summed E-state index contributed by atoms with van der Waals surface area (Å²) in [6, 6.07) is 5.87. The molecule has 0 bridgehead atoms. The van der Waals surface area contributed by atoms with Gasteiger partial charge >= 0.3 is 29.6 Å². The van der Waals surface area contributed by atoms with Gasteiger partial charge in [-0.05, 0) is 36.6 Å². The second-order valence-corrected chi connectivity index (χ2v) is 5.81. The number of aliphatic hydroxyl groups excluding tert-OH is 1. The van der Waals surface area contributed by atoms with Gasteiger partial charge in [0.05, 0.1) is 29.7 Å². The number of hydrogen-bond acceptors (Lipinski definition) is 5. The first-order chi connectivity index (χ1) is 10.8. The third-order valence-corrected chi connectivity index (χ3v) is 4.42. The van der Waals surface area contributed by atoms with E-state index in [4.69, 9.17) is 5.73 Å². The van der Waals surface area contributed by atoms with Gasteiger partial charge < -0.3 is 25.6 Å². The van der Waals surface area contributed by atoms with Crippen molar-refractivity contribution < 1.29 is 54.2 Å². The zero-order valence-electron chi connectivity index (χ0n) is 13.4. The van der Waals surface area contributed by atoms with Crippen LogP contribution in [0, 0.1) is 5.92 Å². The number of nitrogens with zero attached hydrogens (tertiary/aromatic N) is 1. The fraction of sp³-hybridized carbons (Fsp3) is 0.312. The number of carbonyl (C=O) groups is 3. The molecule has 2 aliphatic rings. The number of primary amides is 1. The average Bonchev–Trinajstić information content (AvgIpc) is 2.82. The molecule has 3 rings (SSSR count). The fourth-order valence-corrected chi connectivity index (χ4v) is 3.38. The minimum atomic E-state index is -1.45. The first-order valence-corrected chi connectivity index (χ1v) is 7.18. The fourth-order valence-electron chi connectivity index (χ4n) is 3.38. The molecule has 0 aliphatic carbocycles. The SMILES string of the molecule is C[C@@H](O)[C@H]1C(=O)N2C(C(=O)[O-])=C(c3cccc(C(N)=O)c3)C[C@H]12.[Na+]. The van der Waals surface area contributed by atoms with Gasteiger partial charge in [-0.2, -0.15) is 0 Å². The molecule has 0 saturated carbocycles. The molecule has 3 N–H and O–H groups in total. The first-order valence-electron chi connectivity index (χ1n) is 7.18. The van der Waals surface area contributed by atoms with Gasteiger partial charge in [0.1, 0.15) is 0 Å². The van der Waals surface area contributed by atoms with Crippen LogP contribution in [-0.2, 0) is 9.59 Å². The first kappa shape index (κ1) is 18.7. The van der Waals surface area contributed by atoms with Gasteiger partial charge in [-0.15, -0.1) is 0 Å². The minimum absolute atomic E-state index is 0. The summed E-state index contributed by atoms with van der Waals surface area (Å²) < 4.78 is 0. The van der Waals surface area contributed by atoms with E-state index in [1.54, 1.807) is 12.1 Å². The number of aliphatic carboxylic acids is 1. The number of carbonyl (C=O) groups excluding carboxylic acids is 3. The van der Waals surface area contributed by atoms with Gasteiger partial charge in [0.2, 0.25) is 11.8 Å². The van der Waals surface area contributed by atoms with E-state index in [0.717, 1.165) is 0 Å². The largest absolute Gasteiger partial charge is 1.00 e. The zero-order valence-corrected chi connectivity index (χ0v) is 15.4. The number of hydrogen-bond donors (Lipinski definition) is 2. The monoisotopic (exact) mass is 338 g/mol. The van der Waals surface area contributed by atoms with Crippen LogP contribution in [0.4, 0.5) is 0 Å². The number of β-lactam (4-membered cyclic amide) rings is 1. The van der Waals surface area contributed by atoms with E-state index in [1.807, 2.05) is 0 Å². The second-order valence-electron chi connectivity index (χ2n) is 5.81. The van der Waals surface area contributed by atoms with Crippen LogP contribution >= 0.6 is 0 Å². The normalized spacial score (nSPS) is 23.2. The molecule has 1 saturated heterocycles. The summed E-state index contributed by atoms with van der Waals surface area (Å²) in [6.07, 6.45) is -0.574. The van der Waals surface area contributed by atoms with Crippen molar-refractivity contribution in [2.75, 3.05) is 0 Å². The van der Waals surface area contributed by atoms with E-state index < -0.39 is 35.8 Å². The maximum absolute atomic E-state index is 12.1. The van der Waals surface area contributed by atoms with E-state index >= 15 is 0 Å². The van der Waals surface area contributed by atoms with Gasteiger partial charge in [0.15, 0.2) is 0 Å². The van der Waals surface area contributed by atoms with Crippen molar-refractivity contribution in [2.45, 2.75) is 25.5 Å². The molecule has 1 fully saturated rings. The van der Waals surface area contributed by atoms with Gasteiger partial charge in [0.25, 0.3) is 0 Å². The van der Waals surface area contributed by atoms with Gasteiger partial charge in [-0.3, -0.25) is 9.59 Å². The van der Waals surface area contributed by atoms with Crippen molar-refractivity contribution in [3.63, 3.8) is 0 Å². The molecule has 0 aromatic heterocycles. The molecule has 120 valence electrons. The molecule has 0 unspecified atom stereocenters. The van der Waals surface area contributed by atoms with E-state index in [0.29, 0.717) is 11.1 Å². The molecule has 2 aliphatic heterocycles. The molecular formula is C16H15N2NaO5. The molecule has 7 nitrogen and oxygen atoms in total. The summed E-state index contributed by atoms with van der Waals surface area (Å²) in [6.45, 7) is 1.50. The van der Waals surface area contributed by atoms with Gasteiger partial charge in [-0.25, -0.2) is 0 Å². The van der Waals surface area contributed by atoms with Crippen LogP contribution in [0.1, 0.15) is 29.3 Å². The predicted molar refractivity (Wildman–Crippen MR) is 77.3 cm³/mol. The van der Waals surface area contributed by atoms with Crippen molar-refractivity contribution in [1.29, 1.82) is 0 Å². The quantitative estimate of drug-likeness (QED) is 0.426. The molecule has 1 aromatic rings. The molecule has 8 heteroatoms. The molecule has 2 heterocycles. The summed E-state index contributed by atoms with van der Waals surface area (Å²) in [7, 11) is 0. The molecule has 0 spiro atoms. The molecular weight excluding hydrogens is 323 g/mol. The Balaban J connectivity index is 0.00000208. The van der Waals surface area contributed by atoms with E-state index in [9.17, 15) is 24.6 Å². The van der Waals surface area contributed by atoms with Crippen molar-refractivity contribution in [3.8, 4) is 0 Å².